The molecule has 1 heterocycles. The number of benzene rings is 1. The number of amides is 1. The highest BCUT2D eigenvalue weighted by molar-refractivity contribution is 5.94. The first-order valence-corrected chi connectivity index (χ1v) is 8.57. The number of hydrogen-bond acceptors (Lipinski definition) is 2. The number of halogens is 1. The lowest BCUT2D eigenvalue weighted by Crippen LogP contribution is -2.30. The minimum Gasteiger partial charge on any atom is -0.370 e. The maximum absolute atomic E-state index is 13.6. The van der Waals surface area contributed by atoms with Crippen molar-refractivity contribution < 1.29 is 9.18 Å². The second-order valence-corrected chi connectivity index (χ2v) is 6.61. The highest BCUT2D eigenvalue weighted by atomic mass is 19.1. The fraction of sp³-hybridized carbons (Fsp3) is 0.611. The van der Waals surface area contributed by atoms with Gasteiger partial charge in [-0.15, -0.1) is 0 Å². The predicted octanol–water partition coefficient (Wildman–Crippen LogP) is 4.33. The van der Waals surface area contributed by atoms with E-state index in [9.17, 15) is 9.18 Å². The van der Waals surface area contributed by atoms with Crippen LogP contribution in [0.25, 0.3) is 0 Å². The van der Waals surface area contributed by atoms with Crippen molar-refractivity contribution in [1.82, 2.24) is 0 Å². The summed E-state index contributed by atoms with van der Waals surface area (Å²) in [7, 11) is 0. The summed E-state index contributed by atoms with van der Waals surface area (Å²) in [6.45, 7) is 1.97. The number of carbonyl (C=O) groups is 1. The Morgan fingerprint density at radius 2 is 1.86 bits per heavy atom. The van der Waals surface area contributed by atoms with Crippen LogP contribution in [0.2, 0.25) is 0 Å². The largest absolute Gasteiger partial charge is 0.370 e. The SMILES string of the molecule is O=C(CC1CCCC1)Nc1cc(F)ccc1N1CCCCC1. The van der Waals surface area contributed by atoms with Crippen molar-refractivity contribution in [2.24, 2.45) is 5.92 Å². The standard InChI is InChI=1S/C18H25FN2O/c19-15-8-9-17(21-10-4-1-5-11-21)16(13-15)20-18(22)12-14-6-2-3-7-14/h8-9,13-14H,1-7,10-12H2,(H,20,22). The predicted molar refractivity (Wildman–Crippen MR) is 87.7 cm³/mol. The average Bonchev–Trinajstić information content (AvgIpc) is 3.01. The molecule has 0 bridgehead atoms. The highest BCUT2D eigenvalue weighted by Gasteiger charge is 2.20. The van der Waals surface area contributed by atoms with Crippen molar-refractivity contribution >= 4 is 17.3 Å². The fourth-order valence-corrected chi connectivity index (χ4v) is 3.70. The molecule has 2 aliphatic rings. The number of hydrogen-bond donors (Lipinski definition) is 1. The number of nitrogens with zero attached hydrogens (tertiary/aromatic N) is 1. The number of carbonyl (C=O) groups excluding carboxylic acids is 1. The number of piperidine rings is 1. The van der Waals surface area contributed by atoms with Crippen LogP contribution in [0.15, 0.2) is 18.2 Å². The Balaban J connectivity index is 1.70. The summed E-state index contributed by atoms with van der Waals surface area (Å²) >= 11 is 0. The van der Waals surface area contributed by atoms with Crippen LogP contribution in [-0.4, -0.2) is 19.0 Å². The van der Waals surface area contributed by atoms with E-state index in [2.05, 4.69) is 10.2 Å². The Labute approximate surface area is 131 Å². The first-order chi connectivity index (χ1) is 10.7. The summed E-state index contributed by atoms with van der Waals surface area (Å²) in [5, 5.41) is 2.95. The van der Waals surface area contributed by atoms with Crippen LogP contribution in [0.4, 0.5) is 15.8 Å². The van der Waals surface area contributed by atoms with Crippen molar-refractivity contribution in [1.29, 1.82) is 0 Å². The third-order valence-electron chi connectivity index (χ3n) is 4.88. The van der Waals surface area contributed by atoms with Crippen molar-refractivity contribution in [2.45, 2.75) is 51.4 Å². The molecule has 1 amide bonds. The van der Waals surface area contributed by atoms with E-state index in [1.165, 1.54) is 31.4 Å². The van der Waals surface area contributed by atoms with E-state index in [4.69, 9.17) is 0 Å². The molecule has 3 nitrogen and oxygen atoms in total. The van der Waals surface area contributed by atoms with Gasteiger partial charge in [0.05, 0.1) is 11.4 Å². The minimum absolute atomic E-state index is 0.0239. The van der Waals surface area contributed by atoms with Crippen molar-refractivity contribution in [3.63, 3.8) is 0 Å². The summed E-state index contributed by atoms with van der Waals surface area (Å²) in [6.07, 6.45) is 8.90. The molecule has 120 valence electrons. The van der Waals surface area contributed by atoms with E-state index < -0.39 is 0 Å². The maximum atomic E-state index is 13.6. The molecule has 1 aromatic rings. The molecule has 1 saturated carbocycles. The zero-order chi connectivity index (χ0) is 15.4. The molecule has 0 aromatic heterocycles. The molecule has 1 aliphatic heterocycles. The van der Waals surface area contributed by atoms with E-state index >= 15 is 0 Å². The van der Waals surface area contributed by atoms with Gasteiger partial charge in [0.1, 0.15) is 5.82 Å². The Hall–Kier alpha value is -1.58. The second kappa shape index (κ2) is 7.12. The normalized spacial score (nSPS) is 19.4. The van der Waals surface area contributed by atoms with Crippen LogP contribution in [0.3, 0.4) is 0 Å². The van der Waals surface area contributed by atoms with Gasteiger partial charge in [-0.05, 0) is 56.2 Å². The Morgan fingerprint density at radius 3 is 2.59 bits per heavy atom. The molecule has 0 spiro atoms. The lowest BCUT2D eigenvalue weighted by Gasteiger charge is -2.30. The van der Waals surface area contributed by atoms with E-state index in [0.717, 1.165) is 44.5 Å². The molecule has 2 fully saturated rings. The zero-order valence-electron chi connectivity index (χ0n) is 13.1. The van der Waals surface area contributed by atoms with E-state index in [-0.39, 0.29) is 11.7 Å². The summed E-state index contributed by atoms with van der Waals surface area (Å²) in [5.41, 5.74) is 1.59. The van der Waals surface area contributed by atoms with Gasteiger partial charge in [-0.1, -0.05) is 12.8 Å². The average molecular weight is 304 g/mol. The highest BCUT2D eigenvalue weighted by Crippen LogP contribution is 2.31. The molecule has 3 rings (SSSR count). The second-order valence-electron chi connectivity index (χ2n) is 6.61. The van der Waals surface area contributed by atoms with E-state index in [0.29, 0.717) is 18.0 Å². The van der Waals surface area contributed by atoms with Crippen molar-refractivity contribution in [3.8, 4) is 0 Å². The third kappa shape index (κ3) is 3.79. The van der Waals surface area contributed by atoms with Gasteiger partial charge in [0.15, 0.2) is 0 Å². The maximum Gasteiger partial charge on any atom is 0.224 e. The first-order valence-electron chi connectivity index (χ1n) is 8.57. The lowest BCUT2D eigenvalue weighted by atomic mass is 10.0. The number of nitrogens with one attached hydrogen (secondary N) is 1. The summed E-state index contributed by atoms with van der Waals surface area (Å²) < 4.78 is 13.6. The quantitative estimate of drug-likeness (QED) is 0.897. The molecule has 1 N–H and O–H groups in total. The Kier molecular flexibility index (Phi) is 4.96. The van der Waals surface area contributed by atoms with Gasteiger partial charge >= 0.3 is 0 Å². The smallest absolute Gasteiger partial charge is 0.224 e. The molecular weight excluding hydrogens is 279 g/mol. The number of rotatable bonds is 4. The van der Waals surface area contributed by atoms with Crippen molar-refractivity contribution in [3.05, 3.63) is 24.0 Å². The van der Waals surface area contributed by atoms with Crippen LogP contribution in [0.5, 0.6) is 0 Å². The van der Waals surface area contributed by atoms with Crippen LogP contribution >= 0.6 is 0 Å². The molecule has 0 radical (unpaired) electrons. The van der Waals surface area contributed by atoms with E-state index in [1.54, 1.807) is 6.07 Å². The topological polar surface area (TPSA) is 32.3 Å². The molecule has 0 atom stereocenters. The van der Waals surface area contributed by atoms with Gasteiger partial charge in [0.25, 0.3) is 0 Å². The molecule has 1 aromatic carbocycles. The van der Waals surface area contributed by atoms with Gasteiger partial charge in [-0.2, -0.15) is 0 Å². The lowest BCUT2D eigenvalue weighted by molar-refractivity contribution is -0.117. The molecule has 0 unspecified atom stereocenters. The van der Waals surface area contributed by atoms with Crippen molar-refractivity contribution in [2.75, 3.05) is 23.3 Å². The van der Waals surface area contributed by atoms with Gasteiger partial charge in [-0.25, -0.2) is 4.39 Å². The Bertz CT molecular complexity index is 520. The zero-order valence-corrected chi connectivity index (χ0v) is 13.1. The molecule has 1 saturated heterocycles. The molecular formula is C18H25FN2O. The van der Waals surface area contributed by atoms with Gasteiger partial charge < -0.3 is 10.2 Å². The first kappa shape index (κ1) is 15.3. The summed E-state index contributed by atoms with van der Waals surface area (Å²) in [6, 6.07) is 4.74. The summed E-state index contributed by atoms with van der Waals surface area (Å²) in [5.74, 6) is 0.236. The van der Waals surface area contributed by atoms with Crippen LogP contribution < -0.4 is 10.2 Å². The number of anilines is 2. The monoisotopic (exact) mass is 304 g/mol. The molecule has 4 heteroatoms. The summed E-state index contributed by atoms with van der Waals surface area (Å²) in [4.78, 5) is 14.5. The molecule has 1 aliphatic carbocycles. The fourth-order valence-electron chi connectivity index (χ4n) is 3.70. The molecule has 22 heavy (non-hydrogen) atoms. The van der Waals surface area contributed by atoms with Crippen LogP contribution in [-0.2, 0) is 4.79 Å². The van der Waals surface area contributed by atoms with Crippen LogP contribution in [0, 0.1) is 11.7 Å². The van der Waals surface area contributed by atoms with Gasteiger partial charge in [-0.3, -0.25) is 4.79 Å². The minimum atomic E-state index is -0.295. The third-order valence-corrected chi connectivity index (χ3v) is 4.88. The van der Waals surface area contributed by atoms with E-state index in [1.807, 2.05) is 0 Å². The van der Waals surface area contributed by atoms with Gasteiger partial charge in [0, 0.05) is 19.5 Å². The Morgan fingerprint density at radius 1 is 1.14 bits per heavy atom. The van der Waals surface area contributed by atoms with Gasteiger partial charge in [0.2, 0.25) is 5.91 Å². The van der Waals surface area contributed by atoms with Crippen LogP contribution in [0.1, 0.15) is 51.4 Å².